The minimum atomic E-state index is -0.463. The van der Waals surface area contributed by atoms with Gasteiger partial charge in [-0.25, -0.2) is 4.79 Å². The first-order valence-electron chi connectivity index (χ1n) is 8.76. The molecule has 0 heterocycles. The van der Waals surface area contributed by atoms with Crippen LogP contribution in [0.3, 0.4) is 0 Å². The zero-order valence-electron chi connectivity index (χ0n) is 14.9. The van der Waals surface area contributed by atoms with Crippen molar-refractivity contribution in [1.82, 2.24) is 0 Å². The van der Waals surface area contributed by atoms with Crippen molar-refractivity contribution >= 4 is 23.3 Å². The SMILES string of the molecule is CCCCOC(=O)c1ccccc1NC(=O)CCC(=O)c1ccccc1. The highest BCUT2D eigenvalue weighted by Gasteiger charge is 2.15. The van der Waals surface area contributed by atoms with Gasteiger partial charge >= 0.3 is 5.97 Å². The lowest BCUT2D eigenvalue weighted by Crippen LogP contribution is -2.17. The largest absolute Gasteiger partial charge is 0.462 e. The number of hydrogen-bond acceptors (Lipinski definition) is 4. The van der Waals surface area contributed by atoms with E-state index in [1.165, 1.54) is 0 Å². The highest BCUT2D eigenvalue weighted by Crippen LogP contribution is 2.17. The van der Waals surface area contributed by atoms with Crippen molar-refractivity contribution in [1.29, 1.82) is 0 Å². The molecule has 0 saturated carbocycles. The van der Waals surface area contributed by atoms with Crippen LogP contribution in [0.25, 0.3) is 0 Å². The fourth-order valence-corrected chi connectivity index (χ4v) is 2.37. The van der Waals surface area contributed by atoms with Gasteiger partial charge in [0, 0.05) is 18.4 Å². The molecule has 0 radical (unpaired) electrons. The molecular formula is C21H23NO4. The maximum absolute atomic E-state index is 12.2. The summed E-state index contributed by atoms with van der Waals surface area (Å²) in [5.41, 5.74) is 1.29. The first kappa shape index (κ1) is 19.4. The quantitative estimate of drug-likeness (QED) is 0.416. The molecule has 1 amide bonds. The molecule has 0 aromatic heterocycles. The van der Waals surface area contributed by atoms with Crippen molar-refractivity contribution in [2.75, 3.05) is 11.9 Å². The number of amides is 1. The summed E-state index contributed by atoms with van der Waals surface area (Å²) in [6, 6.07) is 15.6. The monoisotopic (exact) mass is 353 g/mol. The number of carbonyl (C=O) groups excluding carboxylic acids is 3. The van der Waals surface area contributed by atoms with Crippen LogP contribution in [0, 0.1) is 0 Å². The van der Waals surface area contributed by atoms with E-state index >= 15 is 0 Å². The summed E-state index contributed by atoms with van der Waals surface area (Å²) in [6.45, 7) is 2.36. The number of nitrogens with one attached hydrogen (secondary N) is 1. The number of esters is 1. The molecule has 2 rings (SSSR count). The van der Waals surface area contributed by atoms with Gasteiger partial charge in [-0.3, -0.25) is 9.59 Å². The number of ether oxygens (including phenoxy) is 1. The molecule has 0 aliphatic rings. The van der Waals surface area contributed by atoms with E-state index in [4.69, 9.17) is 4.74 Å². The van der Waals surface area contributed by atoms with E-state index in [1.54, 1.807) is 48.5 Å². The second-order valence-corrected chi connectivity index (χ2v) is 5.87. The molecule has 136 valence electrons. The third-order valence-corrected chi connectivity index (χ3v) is 3.83. The van der Waals surface area contributed by atoms with Gasteiger partial charge in [-0.05, 0) is 18.6 Å². The van der Waals surface area contributed by atoms with Gasteiger partial charge in [-0.2, -0.15) is 0 Å². The fraction of sp³-hybridized carbons (Fsp3) is 0.286. The third-order valence-electron chi connectivity index (χ3n) is 3.83. The molecular weight excluding hydrogens is 330 g/mol. The van der Waals surface area contributed by atoms with E-state index in [1.807, 2.05) is 13.0 Å². The normalized spacial score (nSPS) is 10.2. The van der Waals surface area contributed by atoms with Crippen LogP contribution in [0.4, 0.5) is 5.69 Å². The van der Waals surface area contributed by atoms with Crippen molar-refractivity contribution in [3.8, 4) is 0 Å². The van der Waals surface area contributed by atoms with Crippen LogP contribution in [-0.4, -0.2) is 24.3 Å². The molecule has 0 fully saturated rings. The smallest absolute Gasteiger partial charge is 0.340 e. The highest BCUT2D eigenvalue weighted by molar-refractivity contribution is 6.03. The molecule has 1 N–H and O–H groups in total. The summed E-state index contributed by atoms with van der Waals surface area (Å²) in [7, 11) is 0. The Morgan fingerprint density at radius 1 is 0.923 bits per heavy atom. The molecule has 2 aromatic rings. The van der Waals surface area contributed by atoms with Crippen molar-refractivity contribution in [3.63, 3.8) is 0 Å². The van der Waals surface area contributed by atoms with Crippen LogP contribution >= 0.6 is 0 Å². The maximum atomic E-state index is 12.2. The summed E-state index contributed by atoms with van der Waals surface area (Å²) >= 11 is 0. The van der Waals surface area contributed by atoms with Gasteiger partial charge in [0.15, 0.2) is 5.78 Å². The van der Waals surface area contributed by atoms with E-state index in [2.05, 4.69) is 5.32 Å². The number of hydrogen-bond donors (Lipinski definition) is 1. The maximum Gasteiger partial charge on any atom is 0.340 e. The predicted molar refractivity (Wildman–Crippen MR) is 100 cm³/mol. The van der Waals surface area contributed by atoms with Gasteiger partial charge in [0.1, 0.15) is 0 Å². The Labute approximate surface area is 153 Å². The van der Waals surface area contributed by atoms with Gasteiger partial charge in [0.05, 0.1) is 17.9 Å². The van der Waals surface area contributed by atoms with E-state index < -0.39 is 5.97 Å². The molecule has 0 aliphatic carbocycles. The lowest BCUT2D eigenvalue weighted by molar-refractivity contribution is -0.116. The topological polar surface area (TPSA) is 72.5 Å². The number of ketones is 1. The second-order valence-electron chi connectivity index (χ2n) is 5.87. The highest BCUT2D eigenvalue weighted by atomic mass is 16.5. The molecule has 0 spiro atoms. The van der Waals surface area contributed by atoms with E-state index in [9.17, 15) is 14.4 Å². The Bertz CT molecular complexity index is 756. The number of unbranched alkanes of at least 4 members (excludes halogenated alkanes) is 1. The molecule has 0 atom stereocenters. The summed E-state index contributed by atoms with van der Waals surface area (Å²) in [4.78, 5) is 36.4. The fourth-order valence-electron chi connectivity index (χ4n) is 2.37. The third kappa shape index (κ3) is 5.84. The number of anilines is 1. The summed E-state index contributed by atoms with van der Waals surface area (Å²) in [5.74, 6) is -0.870. The Morgan fingerprint density at radius 2 is 1.62 bits per heavy atom. The molecule has 2 aromatic carbocycles. The Balaban J connectivity index is 1.92. The molecule has 0 bridgehead atoms. The van der Waals surface area contributed by atoms with Gasteiger partial charge in [0.2, 0.25) is 5.91 Å². The van der Waals surface area contributed by atoms with Crippen LogP contribution in [0.1, 0.15) is 53.3 Å². The van der Waals surface area contributed by atoms with Crippen molar-refractivity contribution < 1.29 is 19.1 Å². The van der Waals surface area contributed by atoms with E-state index in [0.717, 1.165) is 12.8 Å². The standard InChI is InChI=1S/C21H23NO4/c1-2-3-15-26-21(25)17-11-7-8-12-18(17)22-20(24)14-13-19(23)16-9-5-4-6-10-16/h4-12H,2-3,13-15H2,1H3,(H,22,24). The predicted octanol–water partition coefficient (Wildman–Crippen LogP) is 4.25. The summed E-state index contributed by atoms with van der Waals surface area (Å²) < 4.78 is 5.20. The van der Waals surface area contributed by atoms with Gasteiger partial charge in [-0.15, -0.1) is 0 Å². The minimum Gasteiger partial charge on any atom is -0.462 e. The molecule has 0 unspecified atom stereocenters. The van der Waals surface area contributed by atoms with Crippen LogP contribution < -0.4 is 5.32 Å². The Kier molecular flexibility index (Phi) is 7.55. The average Bonchev–Trinajstić information content (AvgIpc) is 2.67. The van der Waals surface area contributed by atoms with E-state index in [-0.39, 0.29) is 24.5 Å². The lowest BCUT2D eigenvalue weighted by atomic mass is 10.1. The summed E-state index contributed by atoms with van der Waals surface area (Å²) in [6.07, 6.45) is 1.88. The van der Waals surface area contributed by atoms with Crippen molar-refractivity contribution in [2.24, 2.45) is 0 Å². The number of benzene rings is 2. The van der Waals surface area contributed by atoms with Crippen LogP contribution in [0.2, 0.25) is 0 Å². The zero-order valence-corrected chi connectivity index (χ0v) is 14.9. The number of rotatable bonds is 9. The number of Topliss-reactive ketones (excluding diaryl/α,β-unsaturated/α-hetero) is 1. The molecule has 26 heavy (non-hydrogen) atoms. The van der Waals surface area contributed by atoms with Gasteiger partial charge < -0.3 is 10.1 Å². The van der Waals surface area contributed by atoms with Crippen molar-refractivity contribution in [3.05, 3.63) is 65.7 Å². The zero-order chi connectivity index (χ0) is 18.8. The molecule has 0 aliphatic heterocycles. The average molecular weight is 353 g/mol. The van der Waals surface area contributed by atoms with Crippen LogP contribution in [0.15, 0.2) is 54.6 Å². The van der Waals surface area contributed by atoms with Crippen LogP contribution in [-0.2, 0) is 9.53 Å². The lowest BCUT2D eigenvalue weighted by Gasteiger charge is -2.10. The second kappa shape index (κ2) is 10.1. The Morgan fingerprint density at radius 3 is 2.35 bits per heavy atom. The van der Waals surface area contributed by atoms with Crippen LogP contribution in [0.5, 0.6) is 0 Å². The molecule has 0 saturated heterocycles. The van der Waals surface area contributed by atoms with E-state index in [0.29, 0.717) is 23.4 Å². The summed E-state index contributed by atoms with van der Waals surface area (Å²) in [5, 5.41) is 2.70. The van der Waals surface area contributed by atoms with Gasteiger partial charge in [-0.1, -0.05) is 55.8 Å². The van der Waals surface area contributed by atoms with Crippen molar-refractivity contribution in [2.45, 2.75) is 32.6 Å². The minimum absolute atomic E-state index is 0.0486. The molecule has 5 heteroatoms. The van der Waals surface area contributed by atoms with Gasteiger partial charge in [0.25, 0.3) is 0 Å². The Hall–Kier alpha value is -2.95. The number of carbonyl (C=O) groups is 3. The number of para-hydroxylation sites is 1. The first-order valence-corrected chi connectivity index (χ1v) is 8.76. The first-order chi connectivity index (χ1) is 12.6. The molecule has 5 nitrogen and oxygen atoms in total.